The van der Waals surface area contributed by atoms with Crippen LogP contribution in [0.3, 0.4) is 0 Å². The van der Waals surface area contributed by atoms with Crippen LogP contribution in [0.5, 0.6) is 0 Å². The molecule has 0 aliphatic carbocycles. The summed E-state index contributed by atoms with van der Waals surface area (Å²) >= 11 is 0. The van der Waals surface area contributed by atoms with Gasteiger partial charge < -0.3 is 14.2 Å². The standard InChI is InChI=1S/C15H25NO4/c1-3-4-5-6-7-12-10-15(19-8-9-20-15)11-13(16-12)14(17)18-2/h6-7,12-13,16H,3-5,8-11H2,1-2H3/b7-6+/t12-,13+/m1/s1. The van der Waals surface area contributed by atoms with Gasteiger partial charge in [-0.1, -0.05) is 31.9 Å². The Hall–Kier alpha value is -0.910. The van der Waals surface area contributed by atoms with E-state index in [1.54, 1.807) is 0 Å². The lowest BCUT2D eigenvalue weighted by Gasteiger charge is -2.39. The summed E-state index contributed by atoms with van der Waals surface area (Å²) in [4.78, 5) is 11.8. The Morgan fingerprint density at radius 2 is 2.15 bits per heavy atom. The monoisotopic (exact) mass is 283 g/mol. The fraction of sp³-hybridized carbons (Fsp3) is 0.800. The number of unbranched alkanes of at least 4 members (excludes halogenated alkanes) is 2. The molecule has 2 atom stereocenters. The number of rotatable bonds is 5. The van der Waals surface area contributed by atoms with Crippen molar-refractivity contribution in [3.05, 3.63) is 12.2 Å². The Balaban J connectivity index is 2.00. The van der Waals surface area contributed by atoms with Crippen molar-refractivity contribution in [1.29, 1.82) is 0 Å². The number of piperidine rings is 1. The van der Waals surface area contributed by atoms with Gasteiger partial charge in [-0.05, 0) is 6.42 Å². The minimum atomic E-state index is -0.621. The van der Waals surface area contributed by atoms with Gasteiger partial charge in [-0.2, -0.15) is 0 Å². The highest BCUT2D eigenvalue weighted by Crippen LogP contribution is 2.34. The van der Waals surface area contributed by atoms with E-state index in [9.17, 15) is 4.79 Å². The molecule has 0 amide bonds. The zero-order valence-corrected chi connectivity index (χ0v) is 12.4. The molecule has 114 valence electrons. The van der Waals surface area contributed by atoms with Gasteiger partial charge in [0.15, 0.2) is 5.79 Å². The maximum Gasteiger partial charge on any atom is 0.323 e. The molecular formula is C15H25NO4. The van der Waals surface area contributed by atoms with Crippen LogP contribution in [0.4, 0.5) is 0 Å². The molecule has 5 nitrogen and oxygen atoms in total. The largest absolute Gasteiger partial charge is 0.468 e. The van der Waals surface area contributed by atoms with Gasteiger partial charge >= 0.3 is 5.97 Å². The van der Waals surface area contributed by atoms with Crippen molar-refractivity contribution < 1.29 is 19.0 Å². The molecule has 1 spiro atoms. The normalized spacial score (nSPS) is 29.1. The molecule has 2 fully saturated rings. The molecule has 0 unspecified atom stereocenters. The van der Waals surface area contributed by atoms with Gasteiger partial charge in [0.2, 0.25) is 0 Å². The van der Waals surface area contributed by atoms with Gasteiger partial charge in [-0.25, -0.2) is 0 Å². The third kappa shape index (κ3) is 3.81. The van der Waals surface area contributed by atoms with Crippen LogP contribution < -0.4 is 5.32 Å². The minimum Gasteiger partial charge on any atom is -0.468 e. The van der Waals surface area contributed by atoms with Crippen molar-refractivity contribution in [2.75, 3.05) is 20.3 Å². The fourth-order valence-electron chi connectivity index (χ4n) is 2.84. The van der Waals surface area contributed by atoms with Crippen LogP contribution in [0, 0.1) is 0 Å². The van der Waals surface area contributed by atoms with Crippen molar-refractivity contribution >= 4 is 5.97 Å². The predicted molar refractivity (Wildman–Crippen MR) is 75.3 cm³/mol. The van der Waals surface area contributed by atoms with Crippen LogP contribution in [-0.2, 0) is 19.0 Å². The number of carbonyl (C=O) groups excluding carboxylic acids is 1. The molecule has 0 radical (unpaired) electrons. The quantitative estimate of drug-likeness (QED) is 0.473. The van der Waals surface area contributed by atoms with Crippen molar-refractivity contribution in [2.24, 2.45) is 0 Å². The second-order valence-corrected chi connectivity index (χ2v) is 5.44. The molecule has 20 heavy (non-hydrogen) atoms. The van der Waals surface area contributed by atoms with E-state index in [2.05, 4.69) is 24.4 Å². The number of hydrogen-bond donors (Lipinski definition) is 1. The number of hydrogen-bond acceptors (Lipinski definition) is 5. The smallest absolute Gasteiger partial charge is 0.323 e. The van der Waals surface area contributed by atoms with Crippen LogP contribution in [-0.4, -0.2) is 44.2 Å². The van der Waals surface area contributed by atoms with Gasteiger partial charge in [0.25, 0.3) is 0 Å². The summed E-state index contributed by atoms with van der Waals surface area (Å²) in [5.41, 5.74) is 0. The average Bonchev–Trinajstić information content (AvgIpc) is 2.90. The number of ether oxygens (including phenoxy) is 3. The first-order valence-corrected chi connectivity index (χ1v) is 7.47. The van der Waals surface area contributed by atoms with Gasteiger partial charge in [0, 0.05) is 18.9 Å². The molecule has 0 aromatic rings. The molecule has 0 aromatic carbocycles. The van der Waals surface area contributed by atoms with Crippen molar-refractivity contribution in [3.8, 4) is 0 Å². The minimum absolute atomic E-state index is 0.0859. The second-order valence-electron chi connectivity index (χ2n) is 5.44. The summed E-state index contributed by atoms with van der Waals surface area (Å²) in [6.07, 6.45) is 8.97. The molecular weight excluding hydrogens is 258 g/mol. The Morgan fingerprint density at radius 3 is 2.80 bits per heavy atom. The van der Waals surface area contributed by atoms with Crippen molar-refractivity contribution in [1.82, 2.24) is 5.32 Å². The lowest BCUT2D eigenvalue weighted by molar-refractivity contribution is -0.191. The van der Waals surface area contributed by atoms with Gasteiger partial charge in [0.05, 0.1) is 20.3 Å². The number of nitrogens with one attached hydrogen (secondary N) is 1. The van der Waals surface area contributed by atoms with E-state index in [1.807, 2.05) is 0 Å². The van der Waals surface area contributed by atoms with E-state index in [1.165, 1.54) is 20.0 Å². The van der Waals surface area contributed by atoms with E-state index in [-0.39, 0.29) is 18.1 Å². The Labute approximate surface area is 120 Å². The topological polar surface area (TPSA) is 56.8 Å². The molecule has 2 rings (SSSR count). The highest BCUT2D eigenvalue weighted by Gasteiger charge is 2.46. The van der Waals surface area contributed by atoms with Gasteiger partial charge in [0.1, 0.15) is 6.04 Å². The molecule has 0 aromatic heterocycles. The average molecular weight is 283 g/mol. The first-order chi connectivity index (χ1) is 9.69. The van der Waals surface area contributed by atoms with Crippen LogP contribution in [0.2, 0.25) is 0 Å². The molecule has 2 aliphatic heterocycles. The van der Waals surface area contributed by atoms with Crippen molar-refractivity contribution in [3.63, 3.8) is 0 Å². The lowest BCUT2D eigenvalue weighted by atomic mass is 9.92. The van der Waals surface area contributed by atoms with Crippen LogP contribution >= 0.6 is 0 Å². The van der Waals surface area contributed by atoms with E-state index >= 15 is 0 Å². The Kier molecular flexibility index (Phi) is 5.57. The van der Waals surface area contributed by atoms with Crippen LogP contribution in [0.15, 0.2) is 12.2 Å². The van der Waals surface area contributed by atoms with E-state index in [0.717, 1.165) is 12.8 Å². The zero-order chi connectivity index (χ0) is 14.4. The first-order valence-electron chi connectivity index (χ1n) is 7.47. The summed E-state index contributed by atoms with van der Waals surface area (Å²) < 4.78 is 16.4. The predicted octanol–water partition coefficient (Wildman–Crippen LogP) is 1.77. The highest BCUT2D eigenvalue weighted by atomic mass is 16.7. The Bertz CT molecular complexity index is 350. The van der Waals surface area contributed by atoms with E-state index in [0.29, 0.717) is 19.6 Å². The highest BCUT2D eigenvalue weighted by molar-refractivity contribution is 5.76. The third-order valence-corrected chi connectivity index (χ3v) is 3.85. The van der Waals surface area contributed by atoms with Crippen LogP contribution in [0.1, 0.15) is 39.0 Å². The molecule has 0 bridgehead atoms. The van der Waals surface area contributed by atoms with Gasteiger partial charge in [-0.15, -0.1) is 0 Å². The zero-order valence-electron chi connectivity index (χ0n) is 12.4. The molecule has 2 saturated heterocycles. The Morgan fingerprint density at radius 1 is 1.40 bits per heavy atom. The lowest BCUT2D eigenvalue weighted by Crippen LogP contribution is -2.56. The third-order valence-electron chi connectivity index (χ3n) is 3.85. The molecule has 2 heterocycles. The summed E-state index contributed by atoms with van der Waals surface area (Å²) in [6, 6.07) is -0.282. The van der Waals surface area contributed by atoms with E-state index in [4.69, 9.17) is 14.2 Å². The number of allylic oxidation sites excluding steroid dienone is 1. The maximum absolute atomic E-state index is 11.8. The second kappa shape index (κ2) is 7.20. The summed E-state index contributed by atoms with van der Waals surface area (Å²) in [5.74, 6) is -0.876. The number of esters is 1. The molecule has 2 aliphatic rings. The molecule has 5 heteroatoms. The number of carbonyl (C=O) groups is 1. The van der Waals surface area contributed by atoms with Crippen LogP contribution in [0.25, 0.3) is 0 Å². The van der Waals surface area contributed by atoms with Gasteiger partial charge in [-0.3, -0.25) is 10.1 Å². The first kappa shape index (κ1) is 15.5. The summed E-state index contributed by atoms with van der Waals surface area (Å²) in [7, 11) is 1.41. The molecule has 0 saturated carbocycles. The maximum atomic E-state index is 11.8. The molecule has 1 N–H and O–H groups in total. The number of methoxy groups -OCH3 is 1. The fourth-order valence-corrected chi connectivity index (χ4v) is 2.84. The van der Waals surface area contributed by atoms with Crippen molar-refractivity contribution in [2.45, 2.75) is 56.9 Å². The van der Waals surface area contributed by atoms with E-state index < -0.39 is 5.79 Å². The summed E-state index contributed by atoms with van der Waals surface area (Å²) in [6.45, 7) is 3.37. The SMILES string of the molecule is CCCC/C=C/[C@@H]1CC2(C[C@@H](C(=O)OC)N1)OCCO2. The summed E-state index contributed by atoms with van der Waals surface area (Å²) in [5, 5.41) is 3.31.